The molecule has 3 rings (SSSR count). The molecule has 1 aliphatic carbocycles. The number of hydrogen-bond donors (Lipinski definition) is 1. The van der Waals surface area contributed by atoms with Gasteiger partial charge in [-0.25, -0.2) is 0 Å². The minimum Gasteiger partial charge on any atom is -0.493 e. The highest BCUT2D eigenvalue weighted by Crippen LogP contribution is 2.40. The molecule has 29 heavy (non-hydrogen) atoms. The van der Waals surface area contributed by atoms with Crippen LogP contribution in [0.25, 0.3) is 0 Å². The average molecular weight is 419 g/mol. The summed E-state index contributed by atoms with van der Waals surface area (Å²) >= 11 is 5.97. The van der Waals surface area contributed by atoms with Crippen LogP contribution in [-0.4, -0.2) is 44.7 Å². The number of ether oxygens (including phenoxy) is 3. The van der Waals surface area contributed by atoms with Gasteiger partial charge in [0.2, 0.25) is 11.7 Å². The van der Waals surface area contributed by atoms with Crippen molar-refractivity contribution in [1.82, 2.24) is 4.90 Å². The number of benzene rings is 2. The lowest BCUT2D eigenvalue weighted by Gasteiger charge is -2.22. The normalized spacial score (nSPS) is 13.3. The van der Waals surface area contributed by atoms with E-state index in [1.54, 1.807) is 33.5 Å². The minimum atomic E-state index is -0.0546. The van der Waals surface area contributed by atoms with E-state index in [1.165, 1.54) is 18.4 Å². The van der Waals surface area contributed by atoms with Crippen LogP contribution in [0.15, 0.2) is 36.4 Å². The average Bonchev–Trinajstić information content (AvgIpc) is 3.57. The van der Waals surface area contributed by atoms with Crippen molar-refractivity contribution in [3.05, 3.63) is 47.0 Å². The van der Waals surface area contributed by atoms with E-state index in [2.05, 4.69) is 10.2 Å². The number of anilines is 1. The molecule has 7 heteroatoms. The summed E-state index contributed by atoms with van der Waals surface area (Å²) in [6.45, 7) is 1.52. The highest BCUT2D eigenvalue weighted by molar-refractivity contribution is 6.30. The maximum absolute atomic E-state index is 12.5. The first kappa shape index (κ1) is 21.3. The van der Waals surface area contributed by atoms with Crippen molar-refractivity contribution in [2.45, 2.75) is 31.8 Å². The molecular formula is C22H27ClN2O4. The van der Waals surface area contributed by atoms with Crippen molar-refractivity contribution >= 4 is 23.2 Å². The molecular weight excluding hydrogens is 392 g/mol. The number of rotatable bonds is 10. The molecule has 2 aromatic carbocycles. The molecule has 0 radical (unpaired) electrons. The summed E-state index contributed by atoms with van der Waals surface area (Å²) in [5.74, 6) is 1.45. The second-order valence-electron chi connectivity index (χ2n) is 7.04. The predicted molar refractivity (Wildman–Crippen MR) is 114 cm³/mol. The van der Waals surface area contributed by atoms with Gasteiger partial charge in [-0.3, -0.25) is 9.69 Å². The van der Waals surface area contributed by atoms with Crippen molar-refractivity contribution in [2.24, 2.45) is 0 Å². The van der Waals surface area contributed by atoms with E-state index in [0.717, 1.165) is 11.6 Å². The molecule has 1 aliphatic rings. The zero-order valence-electron chi connectivity index (χ0n) is 17.0. The first-order valence-corrected chi connectivity index (χ1v) is 10.00. The molecule has 2 aromatic rings. The Morgan fingerprint density at radius 2 is 1.69 bits per heavy atom. The van der Waals surface area contributed by atoms with Crippen LogP contribution >= 0.6 is 11.6 Å². The topological polar surface area (TPSA) is 60.0 Å². The molecule has 0 saturated heterocycles. The van der Waals surface area contributed by atoms with E-state index in [1.807, 2.05) is 24.3 Å². The smallest absolute Gasteiger partial charge is 0.225 e. The molecule has 0 bridgehead atoms. The van der Waals surface area contributed by atoms with Crippen LogP contribution in [-0.2, 0) is 11.3 Å². The van der Waals surface area contributed by atoms with Crippen LogP contribution < -0.4 is 19.5 Å². The second-order valence-corrected chi connectivity index (χ2v) is 7.48. The fourth-order valence-electron chi connectivity index (χ4n) is 3.28. The predicted octanol–water partition coefficient (Wildman–Crippen LogP) is 4.36. The largest absolute Gasteiger partial charge is 0.493 e. The van der Waals surface area contributed by atoms with E-state index < -0.39 is 0 Å². The number of carbonyl (C=O) groups is 1. The van der Waals surface area contributed by atoms with Gasteiger partial charge in [-0.15, -0.1) is 0 Å². The van der Waals surface area contributed by atoms with Gasteiger partial charge in [0.15, 0.2) is 11.5 Å². The van der Waals surface area contributed by atoms with Crippen molar-refractivity contribution in [2.75, 3.05) is 33.2 Å². The highest BCUT2D eigenvalue weighted by atomic mass is 35.5. The molecule has 1 saturated carbocycles. The third kappa shape index (κ3) is 5.78. The fraction of sp³-hybridized carbons (Fsp3) is 0.409. The molecule has 0 unspecified atom stereocenters. The molecule has 0 aliphatic heterocycles. The summed E-state index contributed by atoms with van der Waals surface area (Å²) < 4.78 is 16.0. The van der Waals surface area contributed by atoms with Crippen molar-refractivity contribution in [1.29, 1.82) is 0 Å². The van der Waals surface area contributed by atoms with Crippen molar-refractivity contribution < 1.29 is 19.0 Å². The Labute approximate surface area is 176 Å². The monoisotopic (exact) mass is 418 g/mol. The van der Waals surface area contributed by atoms with E-state index in [-0.39, 0.29) is 5.91 Å². The summed E-state index contributed by atoms with van der Waals surface area (Å²) in [5.41, 5.74) is 1.81. The van der Waals surface area contributed by atoms with Crippen LogP contribution in [0, 0.1) is 0 Å². The lowest BCUT2D eigenvalue weighted by atomic mass is 10.2. The van der Waals surface area contributed by atoms with Gasteiger partial charge in [-0.1, -0.05) is 23.7 Å². The zero-order valence-corrected chi connectivity index (χ0v) is 17.8. The van der Waals surface area contributed by atoms with Crippen LogP contribution in [0.1, 0.15) is 24.8 Å². The molecule has 0 aromatic heterocycles. The standard InChI is InChI=1S/C22H27ClN2O4/c1-27-19-12-17(13-20(28-2)22(19)29-3)24-21(26)10-11-25(18-8-9-18)14-15-4-6-16(23)7-5-15/h4-7,12-13,18H,8-11,14H2,1-3H3,(H,24,26). The quantitative estimate of drug-likeness (QED) is 0.621. The molecule has 1 N–H and O–H groups in total. The number of carbonyl (C=O) groups excluding carboxylic acids is 1. The Morgan fingerprint density at radius 3 is 2.21 bits per heavy atom. The lowest BCUT2D eigenvalue weighted by molar-refractivity contribution is -0.116. The Hall–Kier alpha value is -2.44. The first-order valence-electron chi connectivity index (χ1n) is 9.62. The Kier molecular flexibility index (Phi) is 7.23. The molecule has 6 nitrogen and oxygen atoms in total. The summed E-state index contributed by atoms with van der Waals surface area (Å²) in [6.07, 6.45) is 2.77. The Balaban J connectivity index is 1.60. The van der Waals surface area contributed by atoms with E-state index in [9.17, 15) is 4.79 Å². The Morgan fingerprint density at radius 1 is 1.07 bits per heavy atom. The van der Waals surface area contributed by atoms with E-state index in [4.69, 9.17) is 25.8 Å². The van der Waals surface area contributed by atoms with Crippen LogP contribution in [0.3, 0.4) is 0 Å². The number of methoxy groups -OCH3 is 3. The summed E-state index contributed by atoms with van der Waals surface area (Å²) in [4.78, 5) is 14.9. The maximum Gasteiger partial charge on any atom is 0.225 e. The van der Waals surface area contributed by atoms with Gasteiger partial charge in [0.05, 0.1) is 21.3 Å². The number of hydrogen-bond acceptors (Lipinski definition) is 5. The molecule has 1 fully saturated rings. The Bertz CT molecular complexity index is 812. The minimum absolute atomic E-state index is 0.0546. The maximum atomic E-state index is 12.5. The number of halogens is 1. The van der Waals surface area contributed by atoms with Gasteiger partial charge in [0.1, 0.15) is 0 Å². The summed E-state index contributed by atoms with van der Waals surface area (Å²) in [6, 6.07) is 11.9. The van der Waals surface area contributed by atoms with Crippen LogP contribution in [0.4, 0.5) is 5.69 Å². The van der Waals surface area contributed by atoms with Gasteiger partial charge in [0, 0.05) is 48.4 Å². The lowest BCUT2D eigenvalue weighted by Crippen LogP contribution is -2.29. The van der Waals surface area contributed by atoms with E-state index in [0.29, 0.717) is 41.9 Å². The number of amides is 1. The van der Waals surface area contributed by atoms with Gasteiger partial charge in [-0.05, 0) is 30.5 Å². The summed E-state index contributed by atoms with van der Waals surface area (Å²) in [7, 11) is 4.64. The van der Waals surface area contributed by atoms with Crippen LogP contribution in [0.5, 0.6) is 17.2 Å². The first-order chi connectivity index (χ1) is 14.0. The molecule has 0 spiro atoms. The third-order valence-corrected chi connectivity index (χ3v) is 5.19. The number of nitrogens with one attached hydrogen (secondary N) is 1. The van der Waals surface area contributed by atoms with Gasteiger partial charge in [0.25, 0.3) is 0 Å². The summed E-state index contributed by atoms with van der Waals surface area (Å²) in [5, 5.41) is 3.66. The molecule has 156 valence electrons. The SMILES string of the molecule is COc1cc(NC(=O)CCN(Cc2ccc(Cl)cc2)C2CC2)cc(OC)c1OC. The molecule has 0 heterocycles. The second kappa shape index (κ2) is 9.85. The number of nitrogens with zero attached hydrogens (tertiary/aromatic N) is 1. The highest BCUT2D eigenvalue weighted by Gasteiger charge is 2.29. The van der Waals surface area contributed by atoms with Crippen LogP contribution in [0.2, 0.25) is 5.02 Å². The van der Waals surface area contributed by atoms with Gasteiger partial charge < -0.3 is 19.5 Å². The van der Waals surface area contributed by atoms with Gasteiger partial charge >= 0.3 is 0 Å². The van der Waals surface area contributed by atoms with Gasteiger partial charge in [-0.2, -0.15) is 0 Å². The van der Waals surface area contributed by atoms with Crippen molar-refractivity contribution in [3.63, 3.8) is 0 Å². The zero-order chi connectivity index (χ0) is 20.8. The fourth-order valence-corrected chi connectivity index (χ4v) is 3.40. The molecule has 1 amide bonds. The van der Waals surface area contributed by atoms with E-state index >= 15 is 0 Å². The third-order valence-electron chi connectivity index (χ3n) is 4.94. The van der Waals surface area contributed by atoms with Crippen molar-refractivity contribution in [3.8, 4) is 17.2 Å². The molecule has 0 atom stereocenters.